The Bertz CT molecular complexity index is 608. The van der Waals surface area contributed by atoms with Gasteiger partial charge >= 0.3 is 0 Å². The summed E-state index contributed by atoms with van der Waals surface area (Å²) in [7, 11) is 0. The first-order chi connectivity index (χ1) is 11.1. The van der Waals surface area contributed by atoms with Gasteiger partial charge in [0.05, 0.1) is 18.3 Å². The molecular weight excluding hydrogens is 290 g/mol. The second-order valence-corrected chi connectivity index (χ2v) is 7.77. The molecule has 3 fully saturated rings. The van der Waals surface area contributed by atoms with Crippen LogP contribution in [0.4, 0.5) is 0 Å². The van der Waals surface area contributed by atoms with E-state index in [0.717, 1.165) is 19.6 Å². The minimum absolute atomic E-state index is 0.000635. The summed E-state index contributed by atoms with van der Waals surface area (Å²) in [5.41, 5.74) is 0.645. The summed E-state index contributed by atoms with van der Waals surface area (Å²) in [6.07, 6.45) is 3.81. The molecule has 3 aliphatic rings. The van der Waals surface area contributed by atoms with Gasteiger partial charge in [-0.05, 0) is 37.3 Å². The second-order valence-electron chi connectivity index (χ2n) is 7.77. The topological polar surface area (TPSA) is 47.6 Å². The molecule has 1 saturated heterocycles. The van der Waals surface area contributed by atoms with Crippen LogP contribution in [0.5, 0.6) is 5.75 Å². The molecule has 1 aromatic carbocycles. The summed E-state index contributed by atoms with van der Waals surface area (Å²) in [5.74, 6) is 1.80. The van der Waals surface area contributed by atoms with Gasteiger partial charge in [-0.3, -0.25) is 4.79 Å². The third-order valence-corrected chi connectivity index (χ3v) is 5.69. The Hall–Kier alpha value is -1.55. The first-order valence-corrected chi connectivity index (χ1v) is 8.71. The van der Waals surface area contributed by atoms with Crippen LogP contribution in [0.15, 0.2) is 24.3 Å². The van der Waals surface area contributed by atoms with Crippen molar-refractivity contribution in [2.45, 2.75) is 45.3 Å². The molecule has 4 rings (SSSR count). The standard InChI is InChI=1S/C19H25NO3/c1-19(2)16(14-9-10-22-17(14)19)20-18(21)13-5-3-4-6-15(13)23-11-12-7-8-12/h3-6,12,14,16-17H,7-11H2,1-2H3,(H,20,21)/t14-,16-,17+/m1/s1. The molecule has 0 spiro atoms. The number of ether oxygens (including phenoxy) is 2. The maximum Gasteiger partial charge on any atom is 0.255 e. The number of carbonyl (C=O) groups excluding carboxylic acids is 1. The lowest BCUT2D eigenvalue weighted by Gasteiger charge is -2.54. The highest BCUT2D eigenvalue weighted by Gasteiger charge is 2.59. The van der Waals surface area contributed by atoms with Crippen LogP contribution in [0, 0.1) is 17.3 Å². The third-order valence-electron chi connectivity index (χ3n) is 5.69. The molecule has 1 aromatic rings. The van der Waals surface area contributed by atoms with Crippen LogP contribution in [0.2, 0.25) is 0 Å². The van der Waals surface area contributed by atoms with E-state index in [2.05, 4.69) is 19.2 Å². The quantitative estimate of drug-likeness (QED) is 0.908. The first kappa shape index (κ1) is 15.0. The Labute approximate surface area is 137 Å². The number of carbonyl (C=O) groups is 1. The Morgan fingerprint density at radius 3 is 2.87 bits per heavy atom. The molecule has 1 aliphatic heterocycles. The van der Waals surface area contributed by atoms with Gasteiger partial charge in [0.15, 0.2) is 0 Å². The van der Waals surface area contributed by atoms with Crippen LogP contribution in [-0.4, -0.2) is 31.3 Å². The van der Waals surface area contributed by atoms with E-state index in [0.29, 0.717) is 23.1 Å². The highest BCUT2D eigenvalue weighted by atomic mass is 16.5. The predicted octanol–water partition coefficient (Wildman–Crippen LogP) is 3.02. The van der Waals surface area contributed by atoms with Gasteiger partial charge in [0, 0.05) is 24.0 Å². The molecule has 0 radical (unpaired) electrons. The molecule has 0 bridgehead atoms. The second kappa shape index (κ2) is 5.52. The third kappa shape index (κ3) is 2.63. The Morgan fingerprint density at radius 1 is 1.30 bits per heavy atom. The zero-order valence-electron chi connectivity index (χ0n) is 13.9. The fraction of sp³-hybridized carbons (Fsp3) is 0.632. The van der Waals surface area contributed by atoms with Crippen LogP contribution in [0.3, 0.4) is 0 Å². The van der Waals surface area contributed by atoms with E-state index in [9.17, 15) is 4.79 Å². The maximum atomic E-state index is 12.8. The fourth-order valence-electron chi connectivity index (χ4n) is 4.11. The highest BCUT2D eigenvalue weighted by Crippen LogP contribution is 2.52. The van der Waals surface area contributed by atoms with Crippen LogP contribution in [0.25, 0.3) is 0 Å². The van der Waals surface area contributed by atoms with E-state index in [4.69, 9.17) is 9.47 Å². The van der Waals surface area contributed by atoms with Crippen molar-refractivity contribution in [2.24, 2.45) is 17.3 Å². The summed E-state index contributed by atoms with van der Waals surface area (Å²) in [5, 5.41) is 3.24. The number of para-hydroxylation sites is 1. The average molecular weight is 315 g/mol. The van der Waals surface area contributed by atoms with Crippen molar-refractivity contribution in [1.29, 1.82) is 0 Å². The predicted molar refractivity (Wildman–Crippen MR) is 87.5 cm³/mol. The van der Waals surface area contributed by atoms with E-state index in [1.54, 1.807) is 0 Å². The molecule has 124 valence electrons. The molecule has 1 heterocycles. The van der Waals surface area contributed by atoms with E-state index in [-0.39, 0.29) is 23.5 Å². The largest absolute Gasteiger partial charge is 0.492 e. The van der Waals surface area contributed by atoms with Crippen LogP contribution in [-0.2, 0) is 4.74 Å². The van der Waals surface area contributed by atoms with Crippen molar-refractivity contribution in [3.8, 4) is 5.75 Å². The fourth-order valence-corrected chi connectivity index (χ4v) is 4.11. The summed E-state index contributed by atoms with van der Waals surface area (Å²) in [4.78, 5) is 12.8. The number of benzene rings is 1. The molecule has 1 N–H and O–H groups in total. The van der Waals surface area contributed by atoms with Gasteiger partial charge in [0.25, 0.3) is 5.91 Å². The number of hydrogen-bond acceptors (Lipinski definition) is 3. The maximum absolute atomic E-state index is 12.8. The molecule has 23 heavy (non-hydrogen) atoms. The molecule has 4 heteroatoms. The number of nitrogens with one attached hydrogen (secondary N) is 1. The monoisotopic (exact) mass is 315 g/mol. The van der Waals surface area contributed by atoms with Crippen molar-refractivity contribution < 1.29 is 14.3 Å². The number of hydrogen-bond donors (Lipinski definition) is 1. The van der Waals surface area contributed by atoms with Crippen molar-refractivity contribution in [2.75, 3.05) is 13.2 Å². The Balaban J connectivity index is 1.46. The van der Waals surface area contributed by atoms with Gasteiger partial charge in [0.2, 0.25) is 0 Å². The average Bonchev–Trinajstić information content (AvgIpc) is 3.26. The van der Waals surface area contributed by atoms with Crippen LogP contribution in [0.1, 0.15) is 43.5 Å². The molecule has 2 aliphatic carbocycles. The lowest BCUT2D eigenvalue weighted by Crippen LogP contribution is -2.66. The normalized spacial score (nSPS) is 31.1. The molecule has 1 amide bonds. The Morgan fingerprint density at radius 2 is 2.09 bits per heavy atom. The number of amides is 1. The number of fused-ring (bicyclic) bond motifs is 1. The van der Waals surface area contributed by atoms with Gasteiger partial charge in [-0.25, -0.2) is 0 Å². The molecule has 3 atom stereocenters. The van der Waals surface area contributed by atoms with Crippen molar-refractivity contribution >= 4 is 5.91 Å². The summed E-state index contributed by atoms with van der Waals surface area (Å²) < 4.78 is 11.7. The van der Waals surface area contributed by atoms with Crippen molar-refractivity contribution in [1.82, 2.24) is 5.32 Å². The summed E-state index contributed by atoms with van der Waals surface area (Å²) in [6, 6.07) is 7.75. The van der Waals surface area contributed by atoms with Crippen LogP contribution < -0.4 is 10.1 Å². The molecule has 0 aromatic heterocycles. The van der Waals surface area contributed by atoms with Gasteiger partial charge in [0.1, 0.15) is 5.75 Å². The molecule has 0 unspecified atom stereocenters. The van der Waals surface area contributed by atoms with Crippen molar-refractivity contribution in [3.63, 3.8) is 0 Å². The molecule has 2 saturated carbocycles. The minimum atomic E-state index is -0.0279. The number of rotatable bonds is 5. The van der Waals surface area contributed by atoms with Gasteiger partial charge in [-0.1, -0.05) is 26.0 Å². The zero-order valence-corrected chi connectivity index (χ0v) is 13.9. The van der Waals surface area contributed by atoms with Gasteiger partial charge in [-0.2, -0.15) is 0 Å². The van der Waals surface area contributed by atoms with E-state index < -0.39 is 0 Å². The van der Waals surface area contributed by atoms with Crippen LogP contribution >= 0.6 is 0 Å². The summed E-state index contributed by atoms with van der Waals surface area (Å²) >= 11 is 0. The SMILES string of the molecule is CC1(C)[C@H](NC(=O)c2ccccc2OCC2CC2)[C@H]2CCO[C@@H]21. The van der Waals surface area contributed by atoms with Gasteiger partial charge < -0.3 is 14.8 Å². The zero-order chi connectivity index (χ0) is 16.0. The van der Waals surface area contributed by atoms with E-state index in [1.807, 2.05) is 24.3 Å². The highest BCUT2D eigenvalue weighted by molar-refractivity contribution is 5.97. The molecular formula is C19H25NO3. The lowest BCUT2D eigenvalue weighted by molar-refractivity contribution is -0.108. The van der Waals surface area contributed by atoms with Crippen molar-refractivity contribution in [3.05, 3.63) is 29.8 Å². The van der Waals surface area contributed by atoms with Gasteiger partial charge in [-0.15, -0.1) is 0 Å². The Kier molecular flexibility index (Phi) is 3.60. The first-order valence-electron chi connectivity index (χ1n) is 8.71. The lowest BCUT2D eigenvalue weighted by atomic mass is 9.57. The minimum Gasteiger partial charge on any atom is -0.492 e. The van der Waals surface area contributed by atoms with E-state index >= 15 is 0 Å². The molecule has 4 nitrogen and oxygen atoms in total. The smallest absolute Gasteiger partial charge is 0.255 e. The van der Waals surface area contributed by atoms with E-state index in [1.165, 1.54) is 12.8 Å². The summed E-state index contributed by atoms with van der Waals surface area (Å²) in [6.45, 7) is 5.89.